The average Bonchev–Trinajstić information content (AvgIpc) is 2.52. The van der Waals surface area contributed by atoms with E-state index in [1.165, 1.54) is 11.6 Å². The van der Waals surface area contributed by atoms with Crippen LogP contribution in [0.5, 0.6) is 0 Å². The maximum atomic E-state index is 13.3. The van der Waals surface area contributed by atoms with Crippen molar-refractivity contribution < 1.29 is 9.50 Å². The fourth-order valence-electron chi connectivity index (χ4n) is 4.62. The van der Waals surface area contributed by atoms with Crippen molar-refractivity contribution >= 4 is 17.3 Å². The van der Waals surface area contributed by atoms with Gasteiger partial charge < -0.3 is 10.0 Å². The Balaban J connectivity index is 1.39. The molecule has 0 amide bonds. The van der Waals surface area contributed by atoms with E-state index in [1.807, 2.05) is 12.3 Å². The molecule has 1 aromatic heterocycles. The van der Waals surface area contributed by atoms with Crippen LogP contribution in [0.25, 0.3) is 0 Å². The Bertz CT molecular complexity index is 738. The number of aliphatic hydroxyl groups excluding tert-OH is 1. The van der Waals surface area contributed by atoms with Crippen molar-refractivity contribution in [3.8, 4) is 0 Å². The molecule has 1 saturated carbocycles. The monoisotopic (exact) mass is 346 g/mol. The van der Waals surface area contributed by atoms with Crippen LogP contribution in [0.15, 0.2) is 42.7 Å². The topological polar surface area (TPSA) is 36.4 Å². The molecule has 1 spiro atoms. The van der Waals surface area contributed by atoms with Gasteiger partial charge in [-0.3, -0.25) is 4.98 Å². The number of aliphatic hydroxyl groups is 1. The normalized spacial score (nSPS) is 20.5. The number of hydrogen-bond donors (Lipinski definition) is 1. The third kappa shape index (κ3) is 2.68. The van der Waals surface area contributed by atoms with Crippen LogP contribution in [0, 0.1) is 16.6 Å². The molecule has 1 aliphatic heterocycles. The Kier molecular flexibility index (Phi) is 3.77. The lowest BCUT2D eigenvalue weighted by atomic mass is 9.48. The van der Waals surface area contributed by atoms with Crippen LogP contribution >= 0.6 is 11.6 Å². The van der Waals surface area contributed by atoms with Crippen molar-refractivity contribution in [3.63, 3.8) is 0 Å². The second kappa shape index (κ2) is 5.71. The second-order valence-electron chi connectivity index (χ2n) is 7.50. The highest BCUT2D eigenvalue weighted by atomic mass is 35.5. The lowest BCUT2D eigenvalue weighted by molar-refractivity contribution is -0.0912. The maximum absolute atomic E-state index is 13.3. The minimum Gasteiger partial charge on any atom is -0.396 e. The molecule has 0 unspecified atom stereocenters. The lowest BCUT2D eigenvalue weighted by Crippen LogP contribution is -2.67. The molecule has 0 bridgehead atoms. The molecule has 2 fully saturated rings. The first-order valence-electron chi connectivity index (χ1n) is 8.23. The van der Waals surface area contributed by atoms with E-state index in [0.29, 0.717) is 0 Å². The molecule has 2 heterocycles. The van der Waals surface area contributed by atoms with Crippen molar-refractivity contribution in [2.75, 3.05) is 24.6 Å². The van der Waals surface area contributed by atoms with Gasteiger partial charge in [0.1, 0.15) is 5.82 Å². The van der Waals surface area contributed by atoms with E-state index in [4.69, 9.17) is 11.6 Å². The Morgan fingerprint density at radius 2 is 2.04 bits per heavy atom. The fourth-order valence-corrected chi connectivity index (χ4v) is 4.79. The zero-order valence-electron chi connectivity index (χ0n) is 13.4. The number of benzene rings is 1. The molecular weight excluding hydrogens is 327 g/mol. The average molecular weight is 347 g/mol. The summed E-state index contributed by atoms with van der Waals surface area (Å²) in [7, 11) is 0. The van der Waals surface area contributed by atoms with Crippen molar-refractivity contribution in [2.24, 2.45) is 10.8 Å². The number of rotatable bonds is 4. The zero-order valence-corrected chi connectivity index (χ0v) is 14.1. The summed E-state index contributed by atoms with van der Waals surface area (Å²) in [6.07, 6.45) is 6.58. The SMILES string of the molecule is OCC1(Cc2cccnc2)CC2(CN(c3ccc(F)c(Cl)c3)C2)C1. The molecule has 0 radical (unpaired) electrons. The van der Waals surface area contributed by atoms with Crippen LogP contribution in [-0.2, 0) is 6.42 Å². The van der Waals surface area contributed by atoms with Crippen molar-refractivity contribution in [3.05, 3.63) is 59.1 Å². The first kappa shape index (κ1) is 15.9. The standard InChI is InChI=1S/C19H20ClFN2O/c20-16-6-15(3-4-17(16)21)23-11-19(12-23)9-18(10-19,13-24)7-14-2-1-5-22-8-14/h1-6,8,24H,7,9-13H2. The van der Waals surface area contributed by atoms with E-state index in [9.17, 15) is 9.50 Å². The summed E-state index contributed by atoms with van der Waals surface area (Å²) in [5.41, 5.74) is 2.42. The van der Waals surface area contributed by atoms with Gasteiger partial charge in [-0.05, 0) is 54.5 Å². The first-order chi connectivity index (χ1) is 11.5. The summed E-state index contributed by atoms with van der Waals surface area (Å²) >= 11 is 5.88. The van der Waals surface area contributed by atoms with Gasteiger partial charge in [0.15, 0.2) is 0 Å². The Labute approximate surface area is 146 Å². The summed E-state index contributed by atoms with van der Waals surface area (Å²) in [6, 6.07) is 8.91. The van der Waals surface area contributed by atoms with Gasteiger partial charge in [0.05, 0.1) is 5.02 Å². The van der Waals surface area contributed by atoms with Gasteiger partial charge >= 0.3 is 0 Å². The quantitative estimate of drug-likeness (QED) is 0.917. The molecule has 2 aliphatic rings. The van der Waals surface area contributed by atoms with E-state index < -0.39 is 0 Å². The molecule has 2 aromatic rings. The van der Waals surface area contributed by atoms with Crippen LogP contribution in [0.3, 0.4) is 0 Å². The van der Waals surface area contributed by atoms with Gasteiger partial charge in [-0.2, -0.15) is 0 Å². The largest absolute Gasteiger partial charge is 0.396 e. The number of nitrogens with zero attached hydrogens (tertiary/aromatic N) is 2. The van der Waals surface area contributed by atoms with Gasteiger partial charge in [0.2, 0.25) is 0 Å². The predicted molar refractivity (Wildman–Crippen MR) is 92.7 cm³/mol. The molecule has 1 N–H and O–H groups in total. The number of anilines is 1. The lowest BCUT2D eigenvalue weighted by Gasteiger charge is -2.65. The molecule has 1 aromatic carbocycles. The smallest absolute Gasteiger partial charge is 0.141 e. The Hall–Kier alpha value is -1.65. The van der Waals surface area contributed by atoms with Gasteiger partial charge in [0, 0.05) is 43.2 Å². The molecular formula is C19H20ClFN2O. The maximum Gasteiger partial charge on any atom is 0.141 e. The highest BCUT2D eigenvalue weighted by Crippen LogP contribution is 2.60. The van der Waals surface area contributed by atoms with Crippen LogP contribution in [0.1, 0.15) is 18.4 Å². The summed E-state index contributed by atoms with van der Waals surface area (Å²) < 4.78 is 13.3. The van der Waals surface area contributed by atoms with Gasteiger partial charge in [-0.25, -0.2) is 4.39 Å². The molecule has 1 aliphatic carbocycles. The Morgan fingerprint density at radius 1 is 1.25 bits per heavy atom. The van der Waals surface area contributed by atoms with Crippen molar-refractivity contribution in [2.45, 2.75) is 19.3 Å². The minimum atomic E-state index is -0.380. The van der Waals surface area contributed by atoms with E-state index in [-0.39, 0.29) is 28.3 Å². The molecule has 4 rings (SSSR count). The van der Waals surface area contributed by atoms with Gasteiger partial charge in [0.25, 0.3) is 0 Å². The third-order valence-corrected chi connectivity index (χ3v) is 5.75. The number of halogens is 2. The molecule has 0 atom stereocenters. The second-order valence-corrected chi connectivity index (χ2v) is 7.91. The first-order valence-corrected chi connectivity index (χ1v) is 8.61. The highest BCUT2D eigenvalue weighted by molar-refractivity contribution is 6.31. The fraction of sp³-hybridized carbons (Fsp3) is 0.421. The molecule has 5 heteroatoms. The third-order valence-electron chi connectivity index (χ3n) is 5.46. The van der Waals surface area contributed by atoms with Gasteiger partial charge in [-0.15, -0.1) is 0 Å². The molecule has 24 heavy (non-hydrogen) atoms. The molecule has 126 valence electrons. The molecule has 3 nitrogen and oxygen atoms in total. The van der Waals surface area contributed by atoms with Gasteiger partial charge in [-0.1, -0.05) is 17.7 Å². The number of pyridine rings is 1. The van der Waals surface area contributed by atoms with Crippen LogP contribution in [0.2, 0.25) is 5.02 Å². The number of hydrogen-bond acceptors (Lipinski definition) is 3. The summed E-state index contributed by atoms with van der Waals surface area (Å²) in [6.45, 7) is 2.11. The summed E-state index contributed by atoms with van der Waals surface area (Å²) in [5.74, 6) is -0.380. The van der Waals surface area contributed by atoms with E-state index in [0.717, 1.165) is 38.0 Å². The Morgan fingerprint density at radius 3 is 2.67 bits per heavy atom. The predicted octanol–water partition coefficient (Wildman–Crippen LogP) is 3.70. The van der Waals surface area contributed by atoms with Crippen molar-refractivity contribution in [1.82, 2.24) is 4.98 Å². The van der Waals surface area contributed by atoms with Crippen molar-refractivity contribution in [1.29, 1.82) is 0 Å². The van der Waals surface area contributed by atoms with E-state index >= 15 is 0 Å². The van der Waals surface area contributed by atoms with E-state index in [1.54, 1.807) is 18.3 Å². The number of aromatic nitrogens is 1. The van der Waals surface area contributed by atoms with Crippen LogP contribution in [0.4, 0.5) is 10.1 Å². The van der Waals surface area contributed by atoms with E-state index in [2.05, 4.69) is 16.0 Å². The van der Waals surface area contributed by atoms with Crippen LogP contribution < -0.4 is 4.90 Å². The zero-order chi connectivity index (χ0) is 16.8. The van der Waals surface area contributed by atoms with Crippen LogP contribution in [-0.4, -0.2) is 29.8 Å². The summed E-state index contributed by atoms with van der Waals surface area (Å²) in [5, 5.41) is 10.1. The highest BCUT2D eigenvalue weighted by Gasteiger charge is 2.59. The summed E-state index contributed by atoms with van der Waals surface area (Å²) in [4.78, 5) is 6.40. The molecule has 1 saturated heterocycles. The minimum absolute atomic E-state index is 0.0183.